The Kier molecular flexibility index (Phi) is 2.37. The van der Waals surface area contributed by atoms with Crippen molar-refractivity contribution < 1.29 is 4.74 Å². The highest BCUT2D eigenvalue weighted by molar-refractivity contribution is 4.99. The quantitative estimate of drug-likeness (QED) is 0.677. The van der Waals surface area contributed by atoms with Crippen molar-refractivity contribution in [2.45, 2.75) is 37.6 Å². The number of nitrogens with one attached hydrogen (secondary N) is 1. The van der Waals surface area contributed by atoms with E-state index < -0.39 is 0 Å². The molecule has 2 nitrogen and oxygen atoms in total. The summed E-state index contributed by atoms with van der Waals surface area (Å²) in [5.41, 5.74) is 0.362. The van der Waals surface area contributed by atoms with Crippen molar-refractivity contribution >= 4 is 0 Å². The van der Waals surface area contributed by atoms with Crippen LogP contribution in [0.3, 0.4) is 0 Å². The van der Waals surface area contributed by atoms with Crippen molar-refractivity contribution in [2.75, 3.05) is 20.3 Å². The number of likely N-dealkylation sites (N-methyl/N-ethyl adjacent to an activating group) is 1. The van der Waals surface area contributed by atoms with Crippen molar-refractivity contribution in [3.8, 4) is 0 Å². The van der Waals surface area contributed by atoms with E-state index in [-0.39, 0.29) is 0 Å². The molecule has 0 aromatic heterocycles. The molecule has 0 radical (unpaired) electrons. The van der Waals surface area contributed by atoms with Crippen LogP contribution in [0.15, 0.2) is 0 Å². The molecule has 1 aliphatic heterocycles. The summed E-state index contributed by atoms with van der Waals surface area (Å²) in [6.07, 6.45) is 7.10. The first kappa shape index (κ1) is 8.52. The molecule has 1 saturated carbocycles. The average Bonchev–Trinajstić information content (AvgIpc) is 2.05. The van der Waals surface area contributed by atoms with Gasteiger partial charge in [0.2, 0.25) is 0 Å². The van der Waals surface area contributed by atoms with E-state index in [0.717, 1.165) is 19.1 Å². The molecule has 2 rings (SSSR count). The largest absolute Gasteiger partial charge is 0.377 e. The first-order chi connectivity index (χ1) is 5.87. The van der Waals surface area contributed by atoms with Crippen LogP contribution >= 0.6 is 0 Å². The molecule has 0 aromatic rings. The minimum absolute atomic E-state index is 0.362. The number of hydrogen-bond acceptors (Lipinski definition) is 2. The van der Waals surface area contributed by atoms with Crippen LogP contribution in [0.1, 0.15) is 32.1 Å². The Morgan fingerprint density at radius 1 is 1.17 bits per heavy atom. The third-order valence-corrected chi connectivity index (χ3v) is 3.60. The maximum atomic E-state index is 5.32. The SMILES string of the molecule is CNC1(C2CCCCC2)COC1. The Bertz CT molecular complexity index is 142. The fraction of sp³-hybridized carbons (Fsp3) is 1.00. The second kappa shape index (κ2) is 3.35. The number of hydrogen-bond donors (Lipinski definition) is 1. The zero-order valence-corrected chi connectivity index (χ0v) is 7.94. The molecule has 0 spiro atoms. The van der Waals surface area contributed by atoms with Gasteiger partial charge >= 0.3 is 0 Å². The molecule has 0 bridgehead atoms. The molecule has 12 heavy (non-hydrogen) atoms. The van der Waals surface area contributed by atoms with E-state index in [1.807, 2.05) is 0 Å². The van der Waals surface area contributed by atoms with Crippen LogP contribution in [0.25, 0.3) is 0 Å². The molecule has 1 aliphatic carbocycles. The van der Waals surface area contributed by atoms with Crippen molar-refractivity contribution in [1.29, 1.82) is 0 Å². The van der Waals surface area contributed by atoms with Gasteiger partial charge in [-0.3, -0.25) is 0 Å². The lowest BCUT2D eigenvalue weighted by Gasteiger charge is -2.48. The number of ether oxygens (including phenoxy) is 1. The molecule has 0 amide bonds. The van der Waals surface area contributed by atoms with Gasteiger partial charge in [0, 0.05) is 0 Å². The topological polar surface area (TPSA) is 21.3 Å². The molecule has 1 saturated heterocycles. The van der Waals surface area contributed by atoms with E-state index in [1.165, 1.54) is 32.1 Å². The maximum Gasteiger partial charge on any atom is 0.0679 e. The summed E-state index contributed by atoms with van der Waals surface area (Å²) in [6, 6.07) is 0. The monoisotopic (exact) mass is 169 g/mol. The Morgan fingerprint density at radius 2 is 1.83 bits per heavy atom. The molecular weight excluding hydrogens is 150 g/mol. The standard InChI is InChI=1S/C10H19NO/c1-11-10(7-12-8-10)9-5-3-2-4-6-9/h9,11H,2-8H2,1H3. The van der Waals surface area contributed by atoms with E-state index in [2.05, 4.69) is 12.4 Å². The highest BCUT2D eigenvalue weighted by Gasteiger charge is 2.44. The second-order valence-corrected chi connectivity index (χ2v) is 4.23. The molecular formula is C10H19NO. The van der Waals surface area contributed by atoms with E-state index >= 15 is 0 Å². The first-order valence-corrected chi connectivity index (χ1v) is 5.14. The predicted molar refractivity (Wildman–Crippen MR) is 49.2 cm³/mol. The van der Waals surface area contributed by atoms with Crippen LogP contribution < -0.4 is 5.32 Å². The molecule has 1 N–H and O–H groups in total. The van der Waals surface area contributed by atoms with Gasteiger partial charge < -0.3 is 10.1 Å². The predicted octanol–water partition coefficient (Wildman–Crippen LogP) is 1.56. The normalized spacial score (nSPS) is 29.8. The fourth-order valence-corrected chi connectivity index (χ4v) is 2.56. The van der Waals surface area contributed by atoms with Crippen molar-refractivity contribution in [2.24, 2.45) is 5.92 Å². The van der Waals surface area contributed by atoms with Gasteiger partial charge in [-0.1, -0.05) is 19.3 Å². The van der Waals surface area contributed by atoms with Crippen molar-refractivity contribution in [3.05, 3.63) is 0 Å². The van der Waals surface area contributed by atoms with Crippen molar-refractivity contribution in [1.82, 2.24) is 5.32 Å². The highest BCUT2D eigenvalue weighted by atomic mass is 16.5. The maximum absolute atomic E-state index is 5.32. The third kappa shape index (κ3) is 1.27. The van der Waals surface area contributed by atoms with Crippen LogP contribution in [0.5, 0.6) is 0 Å². The van der Waals surface area contributed by atoms with Gasteiger partial charge in [-0.15, -0.1) is 0 Å². The fourth-order valence-electron chi connectivity index (χ4n) is 2.56. The van der Waals surface area contributed by atoms with Crippen LogP contribution in [0.4, 0.5) is 0 Å². The Labute approximate surface area is 74.7 Å². The van der Waals surface area contributed by atoms with E-state index in [4.69, 9.17) is 4.74 Å². The Balaban J connectivity index is 1.95. The molecule has 2 aliphatic rings. The van der Waals surface area contributed by atoms with Crippen LogP contribution in [-0.2, 0) is 4.74 Å². The van der Waals surface area contributed by atoms with Gasteiger partial charge in [0.15, 0.2) is 0 Å². The lowest BCUT2D eigenvalue weighted by molar-refractivity contribution is -0.107. The van der Waals surface area contributed by atoms with Crippen molar-refractivity contribution in [3.63, 3.8) is 0 Å². The Morgan fingerprint density at radius 3 is 2.25 bits per heavy atom. The minimum atomic E-state index is 0.362. The molecule has 0 atom stereocenters. The van der Waals surface area contributed by atoms with Gasteiger partial charge in [0.25, 0.3) is 0 Å². The average molecular weight is 169 g/mol. The summed E-state index contributed by atoms with van der Waals surface area (Å²) >= 11 is 0. The minimum Gasteiger partial charge on any atom is -0.377 e. The molecule has 70 valence electrons. The van der Waals surface area contributed by atoms with E-state index in [1.54, 1.807) is 0 Å². The summed E-state index contributed by atoms with van der Waals surface area (Å²) in [5, 5.41) is 3.46. The zero-order valence-electron chi connectivity index (χ0n) is 7.94. The molecule has 0 unspecified atom stereocenters. The highest BCUT2D eigenvalue weighted by Crippen LogP contribution is 2.36. The van der Waals surface area contributed by atoms with E-state index in [9.17, 15) is 0 Å². The van der Waals surface area contributed by atoms with Gasteiger partial charge in [0.05, 0.1) is 18.8 Å². The van der Waals surface area contributed by atoms with Gasteiger partial charge in [-0.25, -0.2) is 0 Å². The molecule has 1 heterocycles. The molecule has 2 fully saturated rings. The van der Waals surface area contributed by atoms with E-state index in [0.29, 0.717) is 5.54 Å². The summed E-state index contributed by atoms with van der Waals surface area (Å²) in [5.74, 6) is 0.880. The number of rotatable bonds is 2. The summed E-state index contributed by atoms with van der Waals surface area (Å²) in [7, 11) is 2.08. The molecule has 0 aromatic carbocycles. The lowest BCUT2D eigenvalue weighted by Crippen LogP contribution is -2.64. The first-order valence-electron chi connectivity index (χ1n) is 5.14. The second-order valence-electron chi connectivity index (χ2n) is 4.23. The third-order valence-electron chi connectivity index (χ3n) is 3.60. The smallest absolute Gasteiger partial charge is 0.0679 e. The summed E-state index contributed by atoms with van der Waals surface area (Å²) in [6.45, 7) is 1.88. The zero-order chi connectivity index (χ0) is 8.44. The summed E-state index contributed by atoms with van der Waals surface area (Å²) < 4.78 is 5.32. The van der Waals surface area contributed by atoms with Crippen LogP contribution in [0, 0.1) is 5.92 Å². The molecule has 2 heteroatoms. The van der Waals surface area contributed by atoms with Crippen LogP contribution in [0.2, 0.25) is 0 Å². The van der Waals surface area contributed by atoms with Gasteiger partial charge in [-0.2, -0.15) is 0 Å². The summed E-state index contributed by atoms with van der Waals surface area (Å²) in [4.78, 5) is 0. The Hall–Kier alpha value is -0.0800. The van der Waals surface area contributed by atoms with Crippen LogP contribution in [-0.4, -0.2) is 25.8 Å². The lowest BCUT2D eigenvalue weighted by atomic mass is 9.73. The van der Waals surface area contributed by atoms with Gasteiger partial charge in [-0.05, 0) is 25.8 Å². The van der Waals surface area contributed by atoms with Gasteiger partial charge in [0.1, 0.15) is 0 Å².